The summed E-state index contributed by atoms with van der Waals surface area (Å²) in [5.74, 6) is 0.932. The highest BCUT2D eigenvalue weighted by Gasteiger charge is 2.11. The first kappa shape index (κ1) is 19.4. The minimum absolute atomic E-state index is 0.187. The highest BCUT2D eigenvalue weighted by atomic mass is 32.1. The Balaban J connectivity index is 1.67. The summed E-state index contributed by atoms with van der Waals surface area (Å²) in [5.41, 5.74) is 1.25. The van der Waals surface area contributed by atoms with Crippen molar-refractivity contribution in [3.63, 3.8) is 0 Å². The first-order valence-electron chi connectivity index (χ1n) is 8.41. The molecule has 0 aliphatic heterocycles. The number of methoxy groups -OCH3 is 2. The molecule has 1 aromatic heterocycles. The number of ether oxygens (including phenoxy) is 3. The van der Waals surface area contributed by atoms with Crippen LogP contribution in [-0.2, 0) is 0 Å². The molecule has 0 aliphatic rings. The van der Waals surface area contributed by atoms with E-state index in [1.807, 2.05) is 5.38 Å². The zero-order valence-electron chi connectivity index (χ0n) is 15.4. The maximum absolute atomic E-state index is 12.5. The Kier molecular flexibility index (Phi) is 6.24. The molecule has 0 fully saturated rings. The number of ketones is 1. The van der Waals surface area contributed by atoms with Crippen LogP contribution in [0.2, 0.25) is 0 Å². The molecule has 0 atom stereocenters. The molecule has 0 saturated heterocycles. The third-order valence-corrected chi connectivity index (χ3v) is 4.76. The van der Waals surface area contributed by atoms with Crippen LogP contribution in [0.15, 0.2) is 66.1 Å². The van der Waals surface area contributed by atoms with E-state index in [4.69, 9.17) is 14.2 Å². The lowest BCUT2D eigenvalue weighted by molar-refractivity contribution is 0.0739. The van der Waals surface area contributed by atoms with Gasteiger partial charge in [0.25, 0.3) is 0 Å². The van der Waals surface area contributed by atoms with Gasteiger partial charge in [0.1, 0.15) is 22.1 Å². The Morgan fingerprint density at radius 1 is 0.929 bits per heavy atom. The van der Waals surface area contributed by atoms with Gasteiger partial charge in [-0.15, -0.1) is 11.3 Å². The second-order valence-corrected chi connectivity index (χ2v) is 6.65. The van der Waals surface area contributed by atoms with Crippen molar-refractivity contribution in [2.24, 2.45) is 0 Å². The molecule has 6 heteroatoms. The summed E-state index contributed by atoms with van der Waals surface area (Å²) in [6, 6.07) is 15.5. The van der Waals surface area contributed by atoms with E-state index in [2.05, 4.69) is 0 Å². The molecule has 0 amide bonds. The summed E-state index contributed by atoms with van der Waals surface area (Å²) in [7, 11) is 3.06. The van der Waals surface area contributed by atoms with Gasteiger partial charge < -0.3 is 14.2 Å². The van der Waals surface area contributed by atoms with Crippen molar-refractivity contribution in [2.75, 3.05) is 14.2 Å². The number of rotatable bonds is 7. The van der Waals surface area contributed by atoms with E-state index in [1.54, 1.807) is 67.8 Å². The quantitative estimate of drug-likeness (QED) is 0.247. The largest absolute Gasteiger partial charge is 0.497 e. The van der Waals surface area contributed by atoms with Crippen molar-refractivity contribution in [3.8, 4) is 17.2 Å². The molecule has 0 radical (unpaired) electrons. The molecule has 3 aromatic rings. The van der Waals surface area contributed by atoms with Crippen molar-refractivity contribution in [3.05, 3.63) is 82.1 Å². The highest BCUT2D eigenvalue weighted by Crippen LogP contribution is 2.25. The van der Waals surface area contributed by atoms with E-state index >= 15 is 0 Å². The summed E-state index contributed by atoms with van der Waals surface area (Å²) < 4.78 is 15.7. The zero-order valence-corrected chi connectivity index (χ0v) is 16.2. The third kappa shape index (κ3) is 4.66. The molecule has 3 rings (SSSR count). The molecule has 0 spiro atoms. The Hall–Kier alpha value is -3.38. The fourth-order valence-electron chi connectivity index (χ4n) is 2.46. The van der Waals surface area contributed by atoms with Crippen LogP contribution in [0.5, 0.6) is 17.2 Å². The van der Waals surface area contributed by atoms with Gasteiger partial charge in [-0.25, -0.2) is 4.79 Å². The van der Waals surface area contributed by atoms with Gasteiger partial charge in [0.2, 0.25) is 0 Å². The summed E-state index contributed by atoms with van der Waals surface area (Å²) in [6.07, 6.45) is 3.16. The van der Waals surface area contributed by atoms with Crippen molar-refractivity contribution >= 4 is 29.2 Å². The number of carbonyl (C=O) groups is 2. The first-order chi connectivity index (χ1) is 13.6. The first-order valence-corrected chi connectivity index (χ1v) is 9.29. The molecule has 0 saturated carbocycles. The normalized spacial score (nSPS) is 10.6. The average Bonchev–Trinajstić information content (AvgIpc) is 3.27. The van der Waals surface area contributed by atoms with Crippen LogP contribution in [0, 0.1) is 0 Å². The lowest BCUT2D eigenvalue weighted by Gasteiger charge is -2.08. The topological polar surface area (TPSA) is 61.8 Å². The van der Waals surface area contributed by atoms with Crippen LogP contribution in [0.4, 0.5) is 0 Å². The predicted molar refractivity (Wildman–Crippen MR) is 109 cm³/mol. The smallest absolute Gasteiger partial charge is 0.353 e. The molecule has 0 aliphatic carbocycles. The average molecular weight is 394 g/mol. The van der Waals surface area contributed by atoms with E-state index in [0.29, 0.717) is 27.7 Å². The van der Waals surface area contributed by atoms with Crippen LogP contribution >= 0.6 is 11.3 Å². The van der Waals surface area contributed by atoms with Crippen LogP contribution in [0.1, 0.15) is 25.6 Å². The number of allylic oxidation sites excluding steroid dienone is 1. The summed E-state index contributed by atoms with van der Waals surface area (Å²) in [5, 5.41) is 1.82. The van der Waals surface area contributed by atoms with Crippen LogP contribution < -0.4 is 14.2 Å². The van der Waals surface area contributed by atoms with E-state index in [-0.39, 0.29) is 11.8 Å². The lowest BCUT2D eigenvalue weighted by Crippen LogP contribution is -2.06. The number of thiophene rings is 1. The Bertz CT molecular complexity index is 988. The van der Waals surface area contributed by atoms with Gasteiger partial charge in [-0.1, -0.05) is 24.3 Å². The predicted octanol–water partition coefficient (Wildman–Crippen LogP) is 4.88. The number of hydrogen-bond acceptors (Lipinski definition) is 6. The molecule has 0 unspecified atom stereocenters. The maximum Gasteiger partial charge on any atom is 0.353 e. The van der Waals surface area contributed by atoms with E-state index in [1.165, 1.54) is 24.5 Å². The van der Waals surface area contributed by atoms with Crippen molar-refractivity contribution in [2.45, 2.75) is 0 Å². The summed E-state index contributed by atoms with van der Waals surface area (Å²) in [4.78, 5) is 25.0. The van der Waals surface area contributed by atoms with Gasteiger partial charge >= 0.3 is 5.97 Å². The molecule has 1 heterocycles. The molecule has 142 valence electrons. The van der Waals surface area contributed by atoms with Gasteiger partial charge in [-0.2, -0.15) is 0 Å². The van der Waals surface area contributed by atoms with Crippen molar-refractivity contribution in [1.82, 2.24) is 0 Å². The van der Waals surface area contributed by atoms with E-state index < -0.39 is 0 Å². The number of carbonyl (C=O) groups excluding carboxylic acids is 2. The lowest BCUT2D eigenvalue weighted by atomic mass is 10.1. The maximum atomic E-state index is 12.5. The second-order valence-electron chi connectivity index (χ2n) is 5.70. The van der Waals surface area contributed by atoms with E-state index in [9.17, 15) is 9.59 Å². The van der Waals surface area contributed by atoms with Crippen molar-refractivity contribution in [1.29, 1.82) is 0 Å². The molecular formula is C22H18O5S. The minimum Gasteiger partial charge on any atom is -0.497 e. The Morgan fingerprint density at radius 3 is 2.32 bits per heavy atom. The van der Waals surface area contributed by atoms with Gasteiger partial charge in [0, 0.05) is 6.07 Å². The molecular weight excluding hydrogens is 376 g/mol. The minimum atomic E-state index is -0.389. The standard InChI is InChI=1S/C22H18O5S/c1-25-17-10-11-18(20(14-17)26-2)19(23)12-7-15-5-8-16(9-6-15)27-22(24)21-4-3-13-28-21/h3-14H,1-2H3. The fourth-order valence-corrected chi connectivity index (χ4v) is 3.06. The molecule has 0 N–H and O–H groups in total. The molecule has 0 bridgehead atoms. The number of benzene rings is 2. The summed E-state index contributed by atoms with van der Waals surface area (Å²) in [6.45, 7) is 0. The van der Waals surface area contributed by atoms with Gasteiger partial charge in [0.05, 0.1) is 19.8 Å². The summed E-state index contributed by atoms with van der Waals surface area (Å²) >= 11 is 1.33. The molecule has 5 nitrogen and oxygen atoms in total. The van der Waals surface area contributed by atoms with Crippen LogP contribution in [-0.4, -0.2) is 26.0 Å². The monoisotopic (exact) mass is 394 g/mol. The SMILES string of the molecule is COc1ccc(C(=O)C=Cc2ccc(OC(=O)c3cccs3)cc2)c(OC)c1. The van der Waals surface area contributed by atoms with Crippen LogP contribution in [0.3, 0.4) is 0 Å². The van der Waals surface area contributed by atoms with Gasteiger partial charge in [0.15, 0.2) is 5.78 Å². The second kappa shape index (κ2) is 9.01. The van der Waals surface area contributed by atoms with Crippen molar-refractivity contribution < 1.29 is 23.8 Å². The highest BCUT2D eigenvalue weighted by molar-refractivity contribution is 7.12. The number of esters is 1. The van der Waals surface area contributed by atoms with Gasteiger partial charge in [-0.3, -0.25) is 4.79 Å². The number of hydrogen-bond donors (Lipinski definition) is 0. The zero-order chi connectivity index (χ0) is 19.9. The third-order valence-electron chi connectivity index (χ3n) is 3.91. The molecule has 28 heavy (non-hydrogen) atoms. The van der Waals surface area contributed by atoms with E-state index in [0.717, 1.165) is 5.56 Å². The Morgan fingerprint density at radius 2 is 1.68 bits per heavy atom. The van der Waals surface area contributed by atoms with Crippen LogP contribution in [0.25, 0.3) is 6.08 Å². The molecule has 2 aromatic carbocycles. The van der Waals surface area contributed by atoms with Gasteiger partial charge in [-0.05, 0) is 47.4 Å². The fraction of sp³-hybridized carbons (Fsp3) is 0.0909. The Labute approximate surface area is 166 Å².